The van der Waals surface area contributed by atoms with Crippen molar-refractivity contribution in [2.45, 2.75) is 32.1 Å². The topological polar surface area (TPSA) is 38.9 Å². The molecule has 0 aliphatic carbocycles. The second kappa shape index (κ2) is 7.05. The number of nitrogens with two attached hydrogens (primary N) is 1. The van der Waals surface area contributed by atoms with E-state index in [9.17, 15) is 0 Å². The second-order valence-electron chi connectivity index (χ2n) is 4.89. The Hall–Kier alpha value is -1.67. The van der Waals surface area contributed by atoms with Crippen LogP contribution in [0.3, 0.4) is 0 Å². The second-order valence-corrected chi connectivity index (χ2v) is 4.89. The molecule has 19 heavy (non-hydrogen) atoms. The maximum absolute atomic E-state index is 5.89. The zero-order valence-electron chi connectivity index (χ0n) is 11.5. The van der Waals surface area contributed by atoms with Crippen molar-refractivity contribution in [1.29, 1.82) is 0 Å². The molecule has 2 N–H and O–H groups in total. The summed E-state index contributed by atoms with van der Waals surface area (Å²) in [5.41, 5.74) is 9.68. The normalized spacial score (nSPS) is 12.3. The number of benzene rings is 1. The van der Waals surface area contributed by atoms with Gasteiger partial charge < -0.3 is 5.73 Å². The van der Waals surface area contributed by atoms with Crippen LogP contribution in [-0.2, 0) is 12.8 Å². The first-order valence-corrected chi connectivity index (χ1v) is 7.02. The Morgan fingerprint density at radius 2 is 1.89 bits per heavy atom. The van der Waals surface area contributed by atoms with Gasteiger partial charge in [0, 0.05) is 11.9 Å². The maximum atomic E-state index is 5.89. The molecule has 100 valence electrons. The van der Waals surface area contributed by atoms with Crippen molar-refractivity contribution in [2.24, 2.45) is 5.73 Å². The van der Waals surface area contributed by atoms with Gasteiger partial charge in [-0.1, -0.05) is 43.3 Å². The fourth-order valence-corrected chi connectivity index (χ4v) is 2.28. The highest BCUT2D eigenvalue weighted by atomic mass is 14.7. The first-order chi connectivity index (χ1) is 9.33. The minimum atomic E-state index is 0.425. The highest BCUT2D eigenvalue weighted by Gasteiger charge is 2.09. The monoisotopic (exact) mass is 254 g/mol. The summed E-state index contributed by atoms with van der Waals surface area (Å²) in [6.45, 7) is 2.84. The Labute approximate surface area is 115 Å². The van der Waals surface area contributed by atoms with Crippen molar-refractivity contribution in [3.63, 3.8) is 0 Å². The van der Waals surface area contributed by atoms with E-state index in [4.69, 9.17) is 5.73 Å². The third kappa shape index (κ3) is 3.90. The number of hydrogen-bond acceptors (Lipinski definition) is 2. The molecule has 0 saturated heterocycles. The molecule has 0 radical (unpaired) electrons. The van der Waals surface area contributed by atoms with Crippen molar-refractivity contribution in [1.82, 2.24) is 4.98 Å². The number of pyridine rings is 1. The van der Waals surface area contributed by atoms with Crippen LogP contribution in [0.2, 0.25) is 0 Å². The van der Waals surface area contributed by atoms with E-state index in [-0.39, 0.29) is 0 Å². The van der Waals surface area contributed by atoms with Crippen LogP contribution < -0.4 is 5.73 Å². The lowest BCUT2D eigenvalue weighted by atomic mass is 9.93. The summed E-state index contributed by atoms with van der Waals surface area (Å²) in [7, 11) is 0. The number of aryl methyl sites for hydroxylation is 2. The summed E-state index contributed by atoms with van der Waals surface area (Å²) in [5, 5.41) is 0. The van der Waals surface area contributed by atoms with Gasteiger partial charge in [-0.25, -0.2) is 0 Å². The molecule has 0 bridgehead atoms. The lowest BCUT2D eigenvalue weighted by Gasteiger charge is -2.14. The Bertz CT molecular complexity index is 476. The summed E-state index contributed by atoms with van der Waals surface area (Å²) in [6, 6.07) is 14.8. The van der Waals surface area contributed by atoms with Gasteiger partial charge in [-0.05, 0) is 48.9 Å². The van der Waals surface area contributed by atoms with Gasteiger partial charge in [-0.15, -0.1) is 0 Å². The van der Waals surface area contributed by atoms with Crippen LogP contribution in [0, 0.1) is 0 Å². The molecule has 1 aromatic carbocycles. The van der Waals surface area contributed by atoms with Gasteiger partial charge in [-0.2, -0.15) is 0 Å². The molecule has 2 heteroatoms. The van der Waals surface area contributed by atoms with Crippen molar-refractivity contribution in [3.8, 4) is 0 Å². The predicted octanol–water partition coefficient (Wildman–Crippen LogP) is 3.32. The fourth-order valence-electron chi connectivity index (χ4n) is 2.28. The molecule has 0 fully saturated rings. The van der Waals surface area contributed by atoms with Crippen LogP contribution >= 0.6 is 0 Å². The molecule has 0 spiro atoms. The Balaban J connectivity index is 1.96. The van der Waals surface area contributed by atoms with Crippen LogP contribution in [0.5, 0.6) is 0 Å². The van der Waals surface area contributed by atoms with Crippen LogP contribution in [-0.4, -0.2) is 11.5 Å². The number of rotatable bonds is 6. The van der Waals surface area contributed by atoms with Crippen molar-refractivity contribution in [2.75, 3.05) is 6.54 Å². The summed E-state index contributed by atoms with van der Waals surface area (Å²) in [4.78, 5) is 4.51. The quantitative estimate of drug-likeness (QED) is 0.859. The number of aromatic nitrogens is 1. The van der Waals surface area contributed by atoms with Crippen molar-refractivity contribution in [3.05, 3.63) is 65.5 Å². The zero-order chi connectivity index (χ0) is 13.5. The van der Waals surface area contributed by atoms with Gasteiger partial charge in [-0.3, -0.25) is 4.98 Å². The van der Waals surface area contributed by atoms with Crippen molar-refractivity contribution < 1.29 is 0 Å². The van der Waals surface area contributed by atoms with Gasteiger partial charge in [0.05, 0.1) is 0 Å². The SMILES string of the molecule is CCc1ccc(CCC(CN)c2ccccc2)nc1. The van der Waals surface area contributed by atoms with Gasteiger partial charge in [0.2, 0.25) is 0 Å². The largest absolute Gasteiger partial charge is 0.330 e. The number of hydrogen-bond donors (Lipinski definition) is 1. The summed E-state index contributed by atoms with van der Waals surface area (Å²) in [6.07, 6.45) is 5.07. The average Bonchev–Trinajstić information content (AvgIpc) is 2.49. The molecular weight excluding hydrogens is 232 g/mol. The standard InChI is InChI=1S/C17H22N2/c1-2-14-8-10-17(19-13-14)11-9-16(12-18)15-6-4-3-5-7-15/h3-8,10,13,16H,2,9,11-12,18H2,1H3. The molecule has 2 nitrogen and oxygen atoms in total. The van der Waals surface area contributed by atoms with E-state index in [1.807, 2.05) is 12.3 Å². The Morgan fingerprint density at radius 3 is 2.47 bits per heavy atom. The Morgan fingerprint density at radius 1 is 1.11 bits per heavy atom. The first-order valence-electron chi connectivity index (χ1n) is 7.02. The summed E-state index contributed by atoms with van der Waals surface area (Å²) >= 11 is 0. The number of nitrogens with zero attached hydrogens (tertiary/aromatic N) is 1. The highest BCUT2D eigenvalue weighted by Crippen LogP contribution is 2.20. The lowest BCUT2D eigenvalue weighted by Crippen LogP contribution is -2.13. The summed E-state index contributed by atoms with van der Waals surface area (Å²) < 4.78 is 0. The molecule has 2 aromatic rings. The van der Waals surface area contributed by atoms with E-state index in [2.05, 4.69) is 48.3 Å². The molecular formula is C17H22N2. The zero-order valence-corrected chi connectivity index (χ0v) is 11.5. The van der Waals surface area contributed by atoms with E-state index in [0.717, 1.165) is 25.0 Å². The Kier molecular flexibility index (Phi) is 5.10. The molecule has 1 unspecified atom stereocenters. The van der Waals surface area contributed by atoms with E-state index in [1.165, 1.54) is 11.1 Å². The molecule has 0 amide bonds. The molecule has 0 aliphatic rings. The molecule has 2 rings (SSSR count). The van der Waals surface area contributed by atoms with Crippen LogP contribution in [0.1, 0.15) is 36.1 Å². The molecule has 1 aromatic heterocycles. The third-order valence-corrected chi connectivity index (χ3v) is 3.60. The van der Waals surface area contributed by atoms with E-state index in [1.54, 1.807) is 0 Å². The van der Waals surface area contributed by atoms with Gasteiger partial charge in [0.1, 0.15) is 0 Å². The van der Waals surface area contributed by atoms with Crippen LogP contribution in [0.25, 0.3) is 0 Å². The minimum Gasteiger partial charge on any atom is -0.330 e. The predicted molar refractivity (Wildman–Crippen MR) is 80.2 cm³/mol. The van der Waals surface area contributed by atoms with E-state index in [0.29, 0.717) is 12.5 Å². The average molecular weight is 254 g/mol. The maximum Gasteiger partial charge on any atom is 0.0404 e. The molecule has 0 aliphatic heterocycles. The molecule has 1 heterocycles. The lowest BCUT2D eigenvalue weighted by molar-refractivity contribution is 0.627. The van der Waals surface area contributed by atoms with Crippen LogP contribution in [0.15, 0.2) is 48.7 Å². The van der Waals surface area contributed by atoms with Crippen molar-refractivity contribution >= 4 is 0 Å². The highest BCUT2D eigenvalue weighted by molar-refractivity contribution is 5.20. The first kappa shape index (κ1) is 13.8. The van der Waals surface area contributed by atoms with Gasteiger partial charge >= 0.3 is 0 Å². The van der Waals surface area contributed by atoms with E-state index >= 15 is 0 Å². The van der Waals surface area contributed by atoms with E-state index < -0.39 is 0 Å². The van der Waals surface area contributed by atoms with Gasteiger partial charge in [0.25, 0.3) is 0 Å². The fraction of sp³-hybridized carbons (Fsp3) is 0.353. The summed E-state index contributed by atoms with van der Waals surface area (Å²) in [5.74, 6) is 0.425. The van der Waals surface area contributed by atoms with Gasteiger partial charge in [0.15, 0.2) is 0 Å². The third-order valence-electron chi connectivity index (χ3n) is 3.60. The smallest absolute Gasteiger partial charge is 0.0404 e. The minimum absolute atomic E-state index is 0.425. The van der Waals surface area contributed by atoms with Crippen LogP contribution in [0.4, 0.5) is 0 Å². The molecule has 1 atom stereocenters. The molecule has 0 saturated carbocycles.